The maximum absolute atomic E-state index is 13.0. The summed E-state index contributed by atoms with van der Waals surface area (Å²) >= 11 is 3.33. The largest absolute Gasteiger partial charge is 0.324 e. The van der Waals surface area contributed by atoms with E-state index in [-0.39, 0.29) is 11.9 Å². The molecule has 0 aliphatic rings. The number of nitrogens with zero attached hydrogens (tertiary/aromatic N) is 1. The first-order valence-corrected chi connectivity index (χ1v) is 6.05. The van der Waals surface area contributed by atoms with Gasteiger partial charge in [-0.25, -0.2) is 4.39 Å². The van der Waals surface area contributed by atoms with Crippen molar-refractivity contribution in [2.24, 2.45) is 5.73 Å². The second kappa shape index (κ2) is 5.38. The summed E-state index contributed by atoms with van der Waals surface area (Å²) in [4.78, 5) is 3.95. The highest BCUT2D eigenvalue weighted by molar-refractivity contribution is 9.10. The van der Waals surface area contributed by atoms with Crippen LogP contribution in [0.5, 0.6) is 0 Å². The molecule has 0 saturated carbocycles. The van der Waals surface area contributed by atoms with Gasteiger partial charge in [-0.15, -0.1) is 0 Å². The Balaban J connectivity index is 2.17. The lowest BCUT2D eigenvalue weighted by Crippen LogP contribution is -2.14. The smallest absolute Gasteiger partial charge is 0.124 e. The van der Waals surface area contributed by atoms with Crippen molar-refractivity contribution in [1.29, 1.82) is 0 Å². The Hall–Kier alpha value is -1.26. The van der Waals surface area contributed by atoms with Gasteiger partial charge >= 0.3 is 0 Å². The Labute approximate surface area is 108 Å². The Bertz CT molecular complexity index is 502. The lowest BCUT2D eigenvalue weighted by atomic mass is 10.0. The molecule has 0 saturated heterocycles. The van der Waals surface area contributed by atoms with E-state index in [0.717, 1.165) is 11.1 Å². The van der Waals surface area contributed by atoms with Crippen LogP contribution in [0.3, 0.4) is 0 Å². The van der Waals surface area contributed by atoms with Crippen LogP contribution in [0, 0.1) is 5.82 Å². The van der Waals surface area contributed by atoms with Gasteiger partial charge in [-0.3, -0.25) is 4.98 Å². The third-order valence-electron chi connectivity index (χ3n) is 2.57. The molecule has 0 bridgehead atoms. The minimum atomic E-state index is -0.267. The highest BCUT2D eigenvalue weighted by Crippen LogP contribution is 2.25. The molecule has 1 unspecified atom stereocenters. The second-order valence-corrected chi connectivity index (χ2v) is 4.69. The lowest BCUT2D eigenvalue weighted by Gasteiger charge is -2.13. The molecule has 0 aliphatic carbocycles. The molecule has 1 aromatic heterocycles. The summed E-state index contributed by atoms with van der Waals surface area (Å²) in [6.07, 6.45) is 4.18. The third kappa shape index (κ3) is 3.11. The van der Waals surface area contributed by atoms with E-state index >= 15 is 0 Å². The van der Waals surface area contributed by atoms with Crippen molar-refractivity contribution in [3.63, 3.8) is 0 Å². The standard InChI is InChI=1S/C13H12BrFN2/c14-12-8-10(15)1-2-11(12)13(16)7-9-3-5-17-6-4-9/h1-6,8,13H,7,16H2. The number of hydrogen-bond donors (Lipinski definition) is 1. The van der Waals surface area contributed by atoms with Gasteiger partial charge in [0.2, 0.25) is 0 Å². The van der Waals surface area contributed by atoms with E-state index in [2.05, 4.69) is 20.9 Å². The van der Waals surface area contributed by atoms with Crippen LogP contribution in [-0.4, -0.2) is 4.98 Å². The Kier molecular flexibility index (Phi) is 3.86. The SMILES string of the molecule is NC(Cc1ccncc1)c1ccc(F)cc1Br. The maximum Gasteiger partial charge on any atom is 0.124 e. The number of benzene rings is 1. The number of pyridine rings is 1. The van der Waals surface area contributed by atoms with Crippen LogP contribution in [0.1, 0.15) is 17.2 Å². The average molecular weight is 295 g/mol. The molecule has 0 radical (unpaired) electrons. The van der Waals surface area contributed by atoms with Crippen molar-refractivity contribution < 1.29 is 4.39 Å². The molecule has 1 heterocycles. The fourth-order valence-electron chi connectivity index (χ4n) is 1.68. The molecule has 17 heavy (non-hydrogen) atoms. The summed E-state index contributed by atoms with van der Waals surface area (Å²) in [5.41, 5.74) is 8.13. The van der Waals surface area contributed by atoms with Crippen molar-refractivity contribution in [2.45, 2.75) is 12.5 Å². The van der Waals surface area contributed by atoms with E-state index in [0.29, 0.717) is 10.9 Å². The zero-order valence-corrected chi connectivity index (χ0v) is 10.7. The van der Waals surface area contributed by atoms with E-state index in [1.165, 1.54) is 12.1 Å². The van der Waals surface area contributed by atoms with E-state index in [1.54, 1.807) is 18.5 Å². The van der Waals surface area contributed by atoms with Gasteiger partial charge in [0, 0.05) is 22.9 Å². The lowest BCUT2D eigenvalue weighted by molar-refractivity contribution is 0.623. The zero-order valence-electron chi connectivity index (χ0n) is 9.11. The van der Waals surface area contributed by atoms with Crippen LogP contribution in [0.2, 0.25) is 0 Å². The number of rotatable bonds is 3. The summed E-state index contributed by atoms with van der Waals surface area (Å²) in [7, 11) is 0. The number of aromatic nitrogens is 1. The van der Waals surface area contributed by atoms with Crippen LogP contribution in [0.25, 0.3) is 0 Å². The van der Waals surface area contributed by atoms with Gasteiger partial charge in [-0.1, -0.05) is 22.0 Å². The predicted molar refractivity (Wildman–Crippen MR) is 69.0 cm³/mol. The number of halogens is 2. The highest BCUT2D eigenvalue weighted by atomic mass is 79.9. The van der Waals surface area contributed by atoms with Crippen LogP contribution in [-0.2, 0) is 6.42 Å². The monoisotopic (exact) mass is 294 g/mol. The molecule has 88 valence electrons. The second-order valence-electron chi connectivity index (χ2n) is 3.83. The summed E-state index contributed by atoms with van der Waals surface area (Å²) in [6.45, 7) is 0. The van der Waals surface area contributed by atoms with Crippen molar-refractivity contribution >= 4 is 15.9 Å². The van der Waals surface area contributed by atoms with Crippen LogP contribution >= 0.6 is 15.9 Å². The fraction of sp³-hybridized carbons (Fsp3) is 0.154. The molecule has 2 rings (SSSR count). The van der Waals surface area contributed by atoms with Crippen LogP contribution < -0.4 is 5.73 Å². The first kappa shape index (κ1) is 12.2. The van der Waals surface area contributed by atoms with Gasteiger partial charge in [0.15, 0.2) is 0 Å². The highest BCUT2D eigenvalue weighted by Gasteiger charge is 2.11. The molecule has 0 aliphatic heterocycles. The van der Waals surface area contributed by atoms with E-state index in [4.69, 9.17) is 5.73 Å². The van der Waals surface area contributed by atoms with E-state index in [9.17, 15) is 4.39 Å². The van der Waals surface area contributed by atoms with Crippen molar-refractivity contribution in [2.75, 3.05) is 0 Å². The third-order valence-corrected chi connectivity index (χ3v) is 3.25. The minimum absolute atomic E-state index is 0.160. The molecule has 2 N–H and O–H groups in total. The first-order chi connectivity index (χ1) is 8.16. The first-order valence-electron chi connectivity index (χ1n) is 5.26. The summed E-state index contributed by atoms with van der Waals surface area (Å²) in [5.74, 6) is -0.267. The summed E-state index contributed by atoms with van der Waals surface area (Å²) in [5, 5.41) is 0. The molecule has 2 aromatic rings. The Morgan fingerprint density at radius 2 is 1.94 bits per heavy atom. The molecule has 2 nitrogen and oxygen atoms in total. The topological polar surface area (TPSA) is 38.9 Å². The molecule has 0 spiro atoms. The zero-order chi connectivity index (χ0) is 12.3. The molecular weight excluding hydrogens is 283 g/mol. The van der Waals surface area contributed by atoms with Gasteiger partial charge < -0.3 is 5.73 Å². The van der Waals surface area contributed by atoms with Gasteiger partial charge in [-0.2, -0.15) is 0 Å². The molecule has 0 amide bonds. The summed E-state index contributed by atoms with van der Waals surface area (Å²) in [6, 6.07) is 8.26. The molecular formula is C13H12BrFN2. The van der Waals surface area contributed by atoms with Crippen molar-refractivity contribution in [1.82, 2.24) is 4.98 Å². The van der Waals surface area contributed by atoms with Gasteiger partial charge in [0.05, 0.1) is 0 Å². The number of nitrogens with two attached hydrogens (primary N) is 1. The predicted octanol–water partition coefficient (Wildman–Crippen LogP) is 3.23. The fourth-order valence-corrected chi connectivity index (χ4v) is 2.33. The minimum Gasteiger partial charge on any atom is -0.324 e. The van der Waals surface area contributed by atoms with E-state index in [1.807, 2.05) is 12.1 Å². The quantitative estimate of drug-likeness (QED) is 0.944. The van der Waals surface area contributed by atoms with Crippen LogP contribution in [0.4, 0.5) is 4.39 Å². The molecule has 1 atom stereocenters. The van der Waals surface area contributed by atoms with Gasteiger partial charge in [0.1, 0.15) is 5.82 Å². The van der Waals surface area contributed by atoms with E-state index < -0.39 is 0 Å². The molecule has 4 heteroatoms. The van der Waals surface area contributed by atoms with Crippen LogP contribution in [0.15, 0.2) is 47.2 Å². The number of hydrogen-bond acceptors (Lipinski definition) is 2. The van der Waals surface area contributed by atoms with Gasteiger partial charge in [-0.05, 0) is 41.8 Å². The average Bonchev–Trinajstić information content (AvgIpc) is 2.30. The van der Waals surface area contributed by atoms with Crippen molar-refractivity contribution in [3.8, 4) is 0 Å². The molecule has 0 fully saturated rings. The Morgan fingerprint density at radius 1 is 1.24 bits per heavy atom. The maximum atomic E-state index is 13.0. The summed E-state index contributed by atoms with van der Waals surface area (Å²) < 4.78 is 13.7. The Morgan fingerprint density at radius 3 is 2.59 bits per heavy atom. The van der Waals surface area contributed by atoms with Gasteiger partial charge in [0.25, 0.3) is 0 Å². The molecule has 1 aromatic carbocycles. The normalized spacial score (nSPS) is 12.4. The van der Waals surface area contributed by atoms with Crippen molar-refractivity contribution in [3.05, 3.63) is 64.1 Å².